The van der Waals surface area contributed by atoms with Crippen LogP contribution in [-0.4, -0.2) is 23.2 Å². The third kappa shape index (κ3) is 2.58. The number of fused-ring (bicyclic) bond motifs is 1. The van der Waals surface area contributed by atoms with Crippen molar-refractivity contribution in [3.63, 3.8) is 0 Å². The van der Waals surface area contributed by atoms with Gasteiger partial charge in [0.15, 0.2) is 11.5 Å². The smallest absolute Gasteiger partial charge is 0.335 e. The maximum atomic E-state index is 11.0. The molecule has 0 fully saturated rings. The Morgan fingerprint density at radius 1 is 1.29 bits per heavy atom. The van der Waals surface area contributed by atoms with Crippen molar-refractivity contribution in [3.8, 4) is 5.75 Å². The first-order chi connectivity index (χ1) is 10.2. The minimum Gasteiger partial charge on any atom is -0.496 e. The SMILES string of the molecule is COc1ccccc1Cc1nc2cc(C(=O)O)ccc2o1. The van der Waals surface area contributed by atoms with Crippen LogP contribution in [0.25, 0.3) is 11.1 Å². The number of methoxy groups -OCH3 is 1. The van der Waals surface area contributed by atoms with Crippen LogP contribution in [0.15, 0.2) is 46.9 Å². The van der Waals surface area contributed by atoms with Gasteiger partial charge >= 0.3 is 5.97 Å². The van der Waals surface area contributed by atoms with Gasteiger partial charge in [0.05, 0.1) is 19.1 Å². The second-order valence-electron chi connectivity index (χ2n) is 4.58. The number of aromatic carboxylic acids is 1. The number of oxazole rings is 1. The summed E-state index contributed by atoms with van der Waals surface area (Å²) in [6.07, 6.45) is 0.487. The maximum absolute atomic E-state index is 11.0. The van der Waals surface area contributed by atoms with E-state index in [1.54, 1.807) is 13.2 Å². The number of aromatic nitrogens is 1. The summed E-state index contributed by atoms with van der Waals surface area (Å²) in [5.41, 5.74) is 2.27. The number of carboxylic acids is 1. The maximum Gasteiger partial charge on any atom is 0.335 e. The highest BCUT2D eigenvalue weighted by Gasteiger charge is 2.11. The highest BCUT2D eigenvalue weighted by Crippen LogP contribution is 2.23. The van der Waals surface area contributed by atoms with Gasteiger partial charge in [-0.05, 0) is 24.3 Å². The molecule has 0 aliphatic heterocycles. The molecule has 1 heterocycles. The van der Waals surface area contributed by atoms with Gasteiger partial charge in [0.1, 0.15) is 11.3 Å². The van der Waals surface area contributed by atoms with E-state index in [4.69, 9.17) is 14.3 Å². The van der Waals surface area contributed by atoms with E-state index in [1.807, 2.05) is 24.3 Å². The first-order valence-corrected chi connectivity index (χ1v) is 6.42. The Morgan fingerprint density at radius 2 is 2.10 bits per heavy atom. The average Bonchev–Trinajstić information content (AvgIpc) is 2.89. The van der Waals surface area contributed by atoms with Gasteiger partial charge in [-0.25, -0.2) is 9.78 Å². The van der Waals surface area contributed by atoms with Crippen LogP contribution in [0.1, 0.15) is 21.8 Å². The van der Waals surface area contributed by atoms with Gasteiger partial charge in [-0.2, -0.15) is 0 Å². The van der Waals surface area contributed by atoms with Crippen molar-refractivity contribution >= 4 is 17.1 Å². The minimum absolute atomic E-state index is 0.194. The normalized spacial score (nSPS) is 10.7. The van der Waals surface area contributed by atoms with Crippen LogP contribution in [0.5, 0.6) is 5.75 Å². The Bertz CT molecular complexity index is 807. The van der Waals surface area contributed by atoms with E-state index in [-0.39, 0.29) is 5.56 Å². The van der Waals surface area contributed by atoms with Crippen molar-refractivity contribution in [1.29, 1.82) is 0 Å². The molecule has 0 saturated carbocycles. The van der Waals surface area contributed by atoms with Gasteiger partial charge in [0.25, 0.3) is 0 Å². The second-order valence-corrected chi connectivity index (χ2v) is 4.58. The highest BCUT2D eigenvalue weighted by molar-refractivity contribution is 5.91. The van der Waals surface area contributed by atoms with E-state index in [9.17, 15) is 4.79 Å². The standard InChI is InChI=1S/C16H13NO4/c1-20-13-5-3-2-4-10(13)9-15-17-12-8-11(16(18)19)6-7-14(12)21-15/h2-8H,9H2,1H3,(H,18,19). The first-order valence-electron chi connectivity index (χ1n) is 6.42. The molecule has 2 aromatic carbocycles. The van der Waals surface area contributed by atoms with Crippen LogP contribution in [0.4, 0.5) is 0 Å². The van der Waals surface area contributed by atoms with Crippen LogP contribution >= 0.6 is 0 Å². The van der Waals surface area contributed by atoms with Gasteiger partial charge in [-0.15, -0.1) is 0 Å². The Kier molecular flexibility index (Phi) is 3.31. The lowest BCUT2D eigenvalue weighted by atomic mass is 10.1. The van der Waals surface area contributed by atoms with E-state index >= 15 is 0 Å². The quantitative estimate of drug-likeness (QED) is 0.796. The van der Waals surface area contributed by atoms with Crippen LogP contribution in [-0.2, 0) is 6.42 Å². The molecule has 0 amide bonds. The predicted octanol–water partition coefficient (Wildman–Crippen LogP) is 3.13. The third-order valence-corrected chi connectivity index (χ3v) is 3.21. The van der Waals surface area contributed by atoms with Gasteiger partial charge < -0.3 is 14.3 Å². The molecule has 0 spiro atoms. The number of ether oxygens (including phenoxy) is 1. The molecular formula is C16H13NO4. The van der Waals surface area contributed by atoms with Crippen LogP contribution in [0, 0.1) is 0 Å². The Hall–Kier alpha value is -2.82. The lowest BCUT2D eigenvalue weighted by Crippen LogP contribution is -1.95. The lowest BCUT2D eigenvalue weighted by molar-refractivity contribution is 0.0697. The molecule has 0 saturated heterocycles. The molecule has 0 unspecified atom stereocenters. The molecule has 0 atom stereocenters. The van der Waals surface area contributed by atoms with Crippen molar-refractivity contribution in [1.82, 2.24) is 4.98 Å². The van der Waals surface area contributed by atoms with Crippen molar-refractivity contribution in [2.45, 2.75) is 6.42 Å². The number of rotatable bonds is 4. The fourth-order valence-electron chi connectivity index (χ4n) is 2.20. The first kappa shape index (κ1) is 13.2. The number of benzene rings is 2. The predicted molar refractivity (Wildman–Crippen MR) is 76.8 cm³/mol. The molecule has 3 rings (SSSR count). The van der Waals surface area contributed by atoms with Gasteiger partial charge in [0.2, 0.25) is 0 Å². The van der Waals surface area contributed by atoms with Crippen LogP contribution in [0.3, 0.4) is 0 Å². The number of hydrogen-bond donors (Lipinski definition) is 1. The molecular weight excluding hydrogens is 270 g/mol. The highest BCUT2D eigenvalue weighted by atomic mass is 16.5. The van der Waals surface area contributed by atoms with Crippen molar-refractivity contribution in [2.24, 2.45) is 0 Å². The molecule has 1 aromatic heterocycles. The average molecular weight is 283 g/mol. The van der Waals surface area contributed by atoms with E-state index in [0.717, 1.165) is 11.3 Å². The summed E-state index contributed by atoms with van der Waals surface area (Å²) in [6.45, 7) is 0. The van der Waals surface area contributed by atoms with Crippen molar-refractivity contribution in [2.75, 3.05) is 7.11 Å². The van der Waals surface area contributed by atoms with Crippen LogP contribution in [0.2, 0.25) is 0 Å². The second kappa shape index (κ2) is 5.28. The largest absolute Gasteiger partial charge is 0.496 e. The molecule has 0 aliphatic rings. The molecule has 106 valence electrons. The lowest BCUT2D eigenvalue weighted by Gasteiger charge is -2.05. The summed E-state index contributed by atoms with van der Waals surface area (Å²) in [6, 6.07) is 12.3. The number of hydrogen-bond acceptors (Lipinski definition) is 4. The van der Waals surface area contributed by atoms with E-state index in [1.165, 1.54) is 12.1 Å². The molecule has 5 nitrogen and oxygen atoms in total. The summed E-state index contributed by atoms with van der Waals surface area (Å²) in [7, 11) is 1.62. The van der Waals surface area contributed by atoms with Gasteiger partial charge in [-0.1, -0.05) is 18.2 Å². The zero-order valence-electron chi connectivity index (χ0n) is 11.4. The summed E-state index contributed by atoms with van der Waals surface area (Å²) in [5.74, 6) is 0.314. The molecule has 1 N–H and O–H groups in total. The molecule has 5 heteroatoms. The van der Waals surface area contributed by atoms with Crippen molar-refractivity contribution < 1.29 is 19.1 Å². The minimum atomic E-state index is -0.980. The Morgan fingerprint density at radius 3 is 2.86 bits per heavy atom. The van der Waals surface area contributed by atoms with Crippen molar-refractivity contribution in [3.05, 3.63) is 59.5 Å². The van der Waals surface area contributed by atoms with E-state index in [2.05, 4.69) is 4.98 Å². The Balaban J connectivity index is 1.96. The molecule has 21 heavy (non-hydrogen) atoms. The molecule has 3 aromatic rings. The molecule has 0 radical (unpaired) electrons. The number of carbonyl (C=O) groups is 1. The Labute approximate surface area is 120 Å². The van der Waals surface area contributed by atoms with Gasteiger partial charge in [-0.3, -0.25) is 0 Å². The molecule has 0 aliphatic carbocycles. The summed E-state index contributed by atoms with van der Waals surface area (Å²) in [5, 5.41) is 8.98. The zero-order chi connectivity index (χ0) is 14.8. The number of nitrogens with zero attached hydrogens (tertiary/aromatic N) is 1. The summed E-state index contributed by atoms with van der Waals surface area (Å²) in [4.78, 5) is 15.3. The zero-order valence-corrected chi connectivity index (χ0v) is 11.4. The number of para-hydroxylation sites is 1. The van der Waals surface area contributed by atoms with Gasteiger partial charge in [0, 0.05) is 5.56 Å². The number of carboxylic acid groups (broad SMARTS) is 1. The van der Waals surface area contributed by atoms with E-state index in [0.29, 0.717) is 23.4 Å². The topological polar surface area (TPSA) is 72.6 Å². The summed E-state index contributed by atoms with van der Waals surface area (Å²) >= 11 is 0. The van der Waals surface area contributed by atoms with Crippen LogP contribution < -0.4 is 4.74 Å². The third-order valence-electron chi connectivity index (χ3n) is 3.21. The fraction of sp³-hybridized carbons (Fsp3) is 0.125. The van der Waals surface area contributed by atoms with E-state index < -0.39 is 5.97 Å². The summed E-state index contributed by atoms with van der Waals surface area (Å²) < 4.78 is 10.9. The monoisotopic (exact) mass is 283 g/mol. The molecule has 0 bridgehead atoms. The fourth-order valence-corrected chi connectivity index (χ4v) is 2.20.